The van der Waals surface area contributed by atoms with E-state index in [1.807, 2.05) is 43.3 Å². The van der Waals surface area contributed by atoms with Gasteiger partial charge in [0.2, 0.25) is 10.0 Å². The van der Waals surface area contributed by atoms with Crippen LogP contribution in [0.3, 0.4) is 0 Å². The largest absolute Gasteiger partial charge is 0.379 e. The van der Waals surface area contributed by atoms with Gasteiger partial charge < -0.3 is 15.0 Å². The number of hydrogen-bond donors (Lipinski definition) is 1. The molecule has 0 saturated carbocycles. The molecule has 2 aromatic rings. The van der Waals surface area contributed by atoms with Crippen LogP contribution in [0.2, 0.25) is 0 Å². The van der Waals surface area contributed by atoms with Gasteiger partial charge in [-0.25, -0.2) is 12.8 Å². The molecular formula is C23H30FN3O4S. The van der Waals surface area contributed by atoms with Crippen LogP contribution in [0.15, 0.2) is 47.4 Å². The van der Waals surface area contributed by atoms with Gasteiger partial charge in [0.05, 0.1) is 29.7 Å². The van der Waals surface area contributed by atoms with Crippen LogP contribution in [-0.4, -0.2) is 70.5 Å². The summed E-state index contributed by atoms with van der Waals surface area (Å²) in [7, 11) is -0.0239. The van der Waals surface area contributed by atoms with Crippen LogP contribution in [0.1, 0.15) is 34.5 Å². The minimum absolute atomic E-state index is 0.106. The molecule has 1 amide bonds. The number of rotatable bonds is 8. The SMILES string of the molecule is CCc1ccc(C(CNC(=O)c2cc(S(=O)(=O)N3CCOCC3)ccc2F)N(C)C)cc1. The smallest absolute Gasteiger partial charge is 0.254 e. The average molecular weight is 464 g/mol. The van der Waals surface area contributed by atoms with E-state index in [4.69, 9.17) is 4.74 Å². The molecule has 1 unspecified atom stereocenters. The minimum Gasteiger partial charge on any atom is -0.379 e. The summed E-state index contributed by atoms with van der Waals surface area (Å²) < 4.78 is 46.7. The molecule has 1 atom stereocenters. The Kier molecular flexibility index (Phi) is 8.00. The van der Waals surface area contributed by atoms with Gasteiger partial charge >= 0.3 is 0 Å². The van der Waals surface area contributed by atoms with E-state index in [9.17, 15) is 17.6 Å². The van der Waals surface area contributed by atoms with Gasteiger partial charge in [-0.1, -0.05) is 31.2 Å². The molecule has 0 aliphatic carbocycles. The van der Waals surface area contributed by atoms with Gasteiger partial charge in [0.15, 0.2) is 0 Å². The predicted octanol–water partition coefficient (Wildman–Crippen LogP) is 2.44. The van der Waals surface area contributed by atoms with E-state index in [0.29, 0.717) is 13.2 Å². The van der Waals surface area contributed by atoms with E-state index in [2.05, 4.69) is 12.2 Å². The third-order valence-electron chi connectivity index (χ3n) is 5.64. The number of likely N-dealkylation sites (N-methyl/N-ethyl adjacent to an activating group) is 1. The molecule has 0 aromatic heterocycles. The number of carbonyl (C=O) groups excluding carboxylic acids is 1. The number of benzene rings is 2. The standard InChI is InChI=1S/C23H30FN3O4S/c1-4-17-5-7-18(8-6-17)22(26(2)3)16-25-23(28)20-15-19(9-10-21(20)24)32(29,30)27-11-13-31-14-12-27/h5-10,15,22H,4,11-14,16H2,1-3H3,(H,25,28). The first-order valence-electron chi connectivity index (χ1n) is 10.6. The van der Waals surface area contributed by atoms with E-state index in [0.717, 1.165) is 24.1 Å². The lowest BCUT2D eigenvalue weighted by Gasteiger charge is -2.26. The van der Waals surface area contributed by atoms with Crippen LogP contribution in [0.5, 0.6) is 0 Å². The van der Waals surface area contributed by atoms with E-state index in [1.165, 1.54) is 15.9 Å². The Balaban J connectivity index is 1.77. The average Bonchev–Trinajstić information content (AvgIpc) is 2.80. The van der Waals surface area contributed by atoms with Crippen molar-refractivity contribution in [1.82, 2.24) is 14.5 Å². The number of nitrogens with zero attached hydrogens (tertiary/aromatic N) is 2. The van der Waals surface area contributed by atoms with Crippen molar-refractivity contribution >= 4 is 15.9 Å². The summed E-state index contributed by atoms with van der Waals surface area (Å²) in [6, 6.07) is 11.3. The molecule has 174 valence electrons. The Labute approximate surface area is 189 Å². The molecule has 1 aliphatic rings. The van der Waals surface area contributed by atoms with Crippen LogP contribution in [-0.2, 0) is 21.2 Å². The number of hydrogen-bond acceptors (Lipinski definition) is 5. The number of ether oxygens (including phenoxy) is 1. The molecule has 3 rings (SSSR count). The summed E-state index contributed by atoms with van der Waals surface area (Å²) in [4.78, 5) is 14.6. The van der Waals surface area contributed by atoms with Crippen LogP contribution < -0.4 is 5.32 Å². The van der Waals surface area contributed by atoms with E-state index < -0.39 is 21.7 Å². The Morgan fingerprint density at radius 3 is 2.41 bits per heavy atom. The molecule has 0 bridgehead atoms. The Hall–Kier alpha value is -2.33. The topological polar surface area (TPSA) is 79.0 Å². The molecule has 1 fully saturated rings. The zero-order valence-corrected chi connectivity index (χ0v) is 19.5. The fourth-order valence-electron chi connectivity index (χ4n) is 3.63. The monoisotopic (exact) mass is 463 g/mol. The third-order valence-corrected chi connectivity index (χ3v) is 7.54. The van der Waals surface area contributed by atoms with Crippen LogP contribution in [0.4, 0.5) is 4.39 Å². The van der Waals surface area contributed by atoms with Crippen LogP contribution >= 0.6 is 0 Å². The number of aryl methyl sites for hydroxylation is 1. The molecule has 0 radical (unpaired) electrons. The summed E-state index contributed by atoms with van der Waals surface area (Å²) in [5, 5.41) is 2.76. The highest BCUT2D eigenvalue weighted by molar-refractivity contribution is 7.89. The van der Waals surface area contributed by atoms with Crippen molar-refractivity contribution < 1.29 is 22.3 Å². The first-order chi connectivity index (χ1) is 15.2. The lowest BCUT2D eigenvalue weighted by atomic mass is 10.0. The predicted molar refractivity (Wildman–Crippen MR) is 121 cm³/mol. The highest BCUT2D eigenvalue weighted by Gasteiger charge is 2.28. The van der Waals surface area contributed by atoms with Crippen molar-refractivity contribution in [3.8, 4) is 0 Å². The highest BCUT2D eigenvalue weighted by atomic mass is 32.2. The number of carbonyl (C=O) groups is 1. The maximum Gasteiger partial charge on any atom is 0.254 e. The molecule has 7 nitrogen and oxygen atoms in total. The lowest BCUT2D eigenvalue weighted by Crippen LogP contribution is -2.40. The summed E-state index contributed by atoms with van der Waals surface area (Å²) in [5.41, 5.74) is 1.95. The number of nitrogens with one attached hydrogen (secondary N) is 1. The van der Waals surface area contributed by atoms with E-state index in [-0.39, 0.29) is 36.1 Å². The Bertz CT molecular complexity index is 1040. The summed E-state index contributed by atoms with van der Waals surface area (Å²) in [6.45, 7) is 3.39. The van der Waals surface area contributed by atoms with Gasteiger partial charge in [0.1, 0.15) is 5.82 Å². The second-order valence-corrected chi connectivity index (χ2v) is 9.88. The highest BCUT2D eigenvalue weighted by Crippen LogP contribution is 2.22. The fourth-order valence-corrected chi connectivity index (χ4v) is 5.07. The molecule has 2 aromatic carbocycles. The molecule has 1 N–H and O–H groups in total. The van der Waals surface area contributed by atoms with Crippen molar-refractivity contribution in [2.45, 2.75) is 24.3 Å². The summed E-state index contributed by atoms with van der Waals surface area (Å²) in [6.07, 6.45) is 0.937. The second-order valence-electron chi connectivity index (χ2n) is 7.94. The first-order valence-corrected chi connectivity index (χ1v) is 12.1. The van der Waals surface area contributed by atoms with Crippen molar-refractivity contribution in [1.29, 1.82) is 0 Å². The maximum absolute atomic E-state index is 14.4. The van der Waals surface area contributed by atoms with Crippen LogP contribution in [0, 0.1) is 5.82 Å². The fraction of sp³-hybridized carbons (Fsp3) is 0.435. The molecule has 1 saturated heterocycles. The zero-order chi connectivity index (χ0) is 23.3. The van der Waals surface area contributed by atoms with Crippen molar-refractivity contribution in [3.63, 3.8) is 0 Å². The second kappa shape index (κ2) is 10.5. The molecular weight excluding hydrogens is 433 g/mol. The summed E-state index contributed by atoms with van der Waals surface area (Å²) in [5.74, 6) is -1.42. The van der Waals surface area contributed by atoms with Gasteiger partial charge in [-0.2, -0.15) is 4.31 Å². The molecule has 9 heteroatoms. The minimum atomic E-state index is -3.83. The van der Waals surface area contributed by atoms with Gasteiger partial charge in [-0.05, 0) is 49.8 Å². The summed E-state index contributed by atoms with van der Waals surface area (Å²) >= 11 is 0. The van der Waals surface area contributed by atoms with Crippen LogP contribution in [0.25, 0.3) is 0 Å². The van der Waals surface area contributed by atoms with Gasteiger partial charge in [-0.15, -0.1) is 0 Å². The van der Waals surface area contributed by atoms with Crippen molar-refractivity contribution in [3.05, 3.63) is 65.0 Å². The molecule has 0 spiro atoms. The van der Waals surface area contributed by atoms with Gasteiger partial charge in [-0.3, -0.25) is 4.79 Å². The van der Waals surface area contributed by atoms with E-state index >= 15 is 0 Å². The number of sulfonamides is 1. The lowest BCUT2D eigenvalue weighted by molar-refractivity contribution is 0.0730. The Morgan fingerprint density at radius 1 is 1.16 bits per heavy atom. The van der Waals surface area contributed by atoms with Crippen molar-refractivity contribution in [2.75, 3.05) is 46.9 Å². The molecule has 1 heterocycles. The van der Waals surface area contributed by atoms with E-state index in [1.54, 1.807) is 0 Å². The van der Waals surface area contributed by atoms with Crippen molar-refractivity contribution in [2.24, 2.45) is 0 Å². The van der Waals surface area contributed by atoms with Gasteiger partial charge in [0, 0.05) is 19.6 Å². The quantitative estimate of drug-likeness (QED) is 0.651. The Morgan fingerprint density at radius 2 is 1.81 bits per heavy atom. The number of morpholine rings is 1. The number of halogens is 1. The third kappa shape index (κ3) is 5.53. The zero-order valence-electron chi connectivity index (χ0n) is 18.7. The molecule has 1 aliphatic heterocycles. The normalized spacial score (nSPS) is 16.2. The number of amides is 1. The maximum atomic E-state index is 14.4. The van der Waals surface area contributed by atoms with Gasteiger partial charge in [0.25, 0.3) is 5.91 Å². The molecule has 32 heavy (non-hydrogen) atoms. The first kappa shape index (κ1) is 24.3.